The molecule has 88 valence electrons. The second kappa shape index (κ2) is 6.16. The molecule has 0 aliphatic heterocycles. The Hall–Kier alpha value is -1.51. The van der Waals surface area contributed by atoms with Crippen LogP contribution in [0.1, 0.15) is 37.0 Å². The third-order valence-electron chi connectivity index (χ3n) is 2.37. The fraction of sp³-hybridized carbons (Fsp3) is 0.462. The van der Waals surface area contributed by atoms with Crippen molar-refractivity contribution in [3.63, 3.8) is 0 Å². The highest BCUT2D eigenvalue weighted by Crippen LogP contribution is 2.31. The molecule has 1 rings (SSSR count). The highest BCUT2D eigenvalue weighted by atomic mass is 16.5. The van der Waals surface area contributed by atoms with E-state index in [1.54, 1.807) is 25.3 Å². The number of hydrogen-bond donors (Lipinski definition) is 0. The molecule has 16 heavy (non-hydrogen) atoms. The highest BCUT2D eigenvalue weighted by Gasteiger charge is 2.12. The Balaban J connectivity index is 2.94. The fourth-order valence-electron chi connectivity index (χ4n) is 1.58. The molecule has 0 spiro atoms. The molecule has 0 saturated carbocycles. The number of carbonyl (C=O) groups excluding carboxylic acids is 1. The molecular formula is C13H18O3. The van der Waals surface area contributed by atoms with Gasteiger partial charge >= 0.3 is 0 Å². The first kappa shape index (κ1) is 12.6. The first-order valence-corrected chi connectivity index (χ1v) is 5.51. The van der Waals surface area contributed by atoms with Crippen LogP contribution in [0.2, 0.25) is 0 Å². The third kappa shape index (κ3) is 2.99. The standard InChI is InChI=1S/C13H18O3/c1-4-6-10(2)16-13-11(9-14)7-5-8-12(13)15-3/h5,7-10H,4,6H2,1-3H3. The molecule has 0 fully saturated rings. The summed E-state index contributed by atoms with van der Waals surface area (Å²) in [6.07, 6.45) is 2.87. The average Bonchev–Trinajstić information content (AvgIpc) is 2.29. The fourth-order valence-corrected chi connectivity index (χ4v) is 1.58. The third-order valence-corrected chi connectivity index (χ3v) is 2.37. The van der Waals surface area contributed by atoms with Crippen molar-refractivity contribution in [3.8, 4) is 11.5 Å². The zero-order valence-corrected chi connectivity index (χ0v) is 10.0. The van der Waals surface area contributed by atoms with E-state index < -0.39 is 0 Å². The van der Waals surface area contributed by atoms with Gasteiger partial charge in [0.25, 0.3) is 0 Å². The van der Waals surface area contributed by atoms with Crippen LogP contribution in [0, 0.1) is 0 Å². The van der Waals surface area contributed by atoms with Gasteiger partial charge in [-0.2, -0.15) is 0 Å². The van der Waals surface area contributed by atoms with E-state index in [1.807, 2.05) is 6.92 Å². The molecule has 0 saturated heterocycles. The maximum Gasteiger partial charge on any atom is 0.172 e. The van der Waals surface area contributed by atoms with Crippen LogP contribution in [-0.2, 0) is 0 Å². The average molecular weight is 222 g/mol. The molecule has 0 aliphatic carbocycles. The van der Waals surface area contributed by atoms with Crippen LogP contribution in [0.5, 0.6) is 11.5 Å². The van der Waals surface area contributed by atoms with Crippen molar-refractivity contribution in [2.75, 3.05) is 7.11 Å². The van der Waals surface area contributed by atoms with Gasteiger partial charge in [0, 0.05) is 0 Å². The number of aldehydes is 1. The molecule has 0 aromatic heterocycles. The molecule has 3 nitrogen and oxygen atoms in total. The normalized spacial score (nSPS) is 11.9. The maximum absolute atomic E-state index is 10.9. The summed E-state index contributed by atoms with van der Waals surface area (Å²) >= 11 is 0. The van der Waals surface area contributed by atoms with E-state index in [2.05, 4.69) is 6.92 Å². The summed E-state index contributed by atoms with van der Waals surface area (Å²) in [6, 6.07) is 5.30. The van der Waals surface area contributed by atoms with Gasteiger partial charge in [-0.15, -0.1) is 0 Å². The number of para-hydroxylation sites is 1. The van der Waals surface area contributed by atoms with E-state index in [-0.39, 0.29) is 6.10 Å². The Bertz CT molecular complexity index is 347. The zero-order chi connectivity index (χ0) is 12.0. The van der Waals surface area contributed by atoms with Crippen molar-refractivity contribution in [1.29, 1.82) is 0 Å². The van der Waals surface area contributed by atoms with Gasteiger partial charge in [-0.1, -0.05) is 19.4 Å². The summed E-state index contributed by atoms with van der Waals surface area (Å²) in [5.41, 5.74) is 0.530. The minimum Gasteiger partial charge on any atom is -0.493 e. The number of methoxy groups -OCH3 is 1. The Kier molecular flexibility index (Phi) is 4.83. The van der Waals surface area contributed by atoms with E-state index in [4.69, 9.17) is 9.47 Å². The minimum absolute atomic E-state index is 0.0833. The van der Waals surface area contributed by atoms with Gasteiger partial charge in [0.15, 0.2) is 17.8 Å². The van der Waals surface area contributed by atoms with Crippen LogP contribution in [0.15, 0.2) is 18.2 Å². The van der Waals surface area contributed by atoms with Gasteiger partial charge in [0.05, 0.1) is 18.8 Å². The largest absolute Gasteiger partial charge is 0.493 e. The lowest BCUT2D eigenvalue weighted by Crippen LogP contribution is -2.13. The molecule has 0 aliphatic rings. The molecule has 0 radical (unpaired) electrons. The van der Waals surface area contributed by atoms with E-state index in [9.17, 15) is 4.79 Å². The van der Waals surface area contributed by atoms with Crippen molar-refractivity contribution in [1.82, 2.24) is 0 Å². The lowest BCUT2D eigenvalue weighted by Gasteiger charge is -2.17. The Morgan fingerprint density at radius 2 is 2.19 bits per heavy atom. The van der Waals surface area contributed by atoms with Gasteiger partial charge in [-0.25, -0.2) is 0 Å². The Morgan fingerprint density at radius 3 is 2.75 bits per heavy atom. The topological polar surface area (TPSA) is 35.5 Å². The van der Waals surface area contributed by atoms with Gasteiger partial charge in [-0.05, 0) is 25.5 Å². The molecule has 0 bridgehead atoms. The number of ether oxygens (including phenoxy) is 2. The SMILES string of the molecule is CCCC(C)Oc1c(C=O)cccc1OC. The van der Waals surface area contributed by atoms with Crippen LogP contribution < -0.4 is 9.47 Å². The lowest BCUT2D eigenvalue weighted by molar-refractivity contribution is 0.111. The molecule has 0 heterocycles. The van der Waals surface area contributed by atoms with E-state index in [0.29, 0.717) is 17.1 Å². The van der Waals surface area contributed by atoms with Crippen molar-refractivity contribution in [3.05, 3.63) is 23.8 Å². The number of hydrogen-bond acceptors (Lipinski definition) is 3. The summed E-state index contributed by atoms with van der Waals surface area (Å²) in [5, 5.41) is 0. The predicted octanol–water partition coefficient (Wildman–Crippen LogP) is 3.08. The summed E-state index contributed by atoms with van der Waals surface area (Å²) in [6.45, 7) is 4.09. The van der Waals surface area contributed by atoms with Gasteiger partial charge < -0.3 is 9.47 Å². The quantitative estimate of drug-likeness (QED) is 0.694. The zero-order valence-electron chi connectivity index (χ0n) is 10.0. The number of rotatable bonds is 6. The molecule has 0 amide bonds. The molecule has 1 unspecified atom stereocenters. The first-order chi connectivity index (χ1) is 7.72. The van der Waals surface area contributed by atoms with Crippen molar-refractivity contribution < 1.29 is 14.3 Å². The van der Waals surface area contributed by atoms with Crippen molar-refractivity contribution in [2.45, 2.75) is 32.8 Å². The van der Waals surface area contributed by atoms with Crippen molar-refractivity contribution in [2.24, 2.45) is 0 Å². The molecular weight excluding hydrogens is 204 g/mol. The highest BCUT2D eigenvalue weighted by molar-refractivity contribution is 5.81. The van der Waals surface area contributed by atoms with Gasteiger partial charge in [0.2, 0.25) is 0 Å². The number of benzene rings is 1. The molecule has 1 atom stereocenters. The smallest absolute Gasteiger partial charge is 0.172 e. The van der Waals surface area contributed by atoms with Crippen LogP contribution in [0.4, 0.5) is 0 Å². The second-order valence-corrected chi connectivity index (χ2v) is 3.71. The summed E-state index contributed by atoms with van der Waals surface area (Å²) in [5.74, 6) is 1.15. The Labute approximate surface area is 96.4 Å². The monoisotopic (exact) mass is 222 g/mol. The minimum atomic E-state index is 0.0833. The molecule has 1 aromatic rings. The van der Waals surface area contributed by atoms with Crippen LogP contribution in [-0.4, -0.2) is 19.5 Å². The first-order valence-electron chi connectivity index (χ1n) is 5.51. The molecule has 0 N–H and O–H groups in total. The lowest BCUT2D eigenvalue weighted by atomic mass is 10.2. The maximum atomic E-state index is 10.9. The summed E-state index contributed by atoms with van der Waals surface area (Å²) in [7, 11) is 1.57. The predicted molar refractivity (Wildman–Crippen MR) is 63.4 cm³/mol. The van der Waals surface area contributed by atoms with E-state index >= 15 is 0 Å². The Morgan fingerprint density at radius 1 is 1.44 bits per heavy atom. The second-order valence-electron chi connectivity index (χ2n) is 3.71. The van der Waals surface area contributed by atoms with Crippen LogP contribution in [0.3, 0.4) is 0 Å². The van der Waals surface area contributed by atoms with Crippen LogP contribution >= 0.6 is 0 Å². The van der Waals surface area contributed by atoms with Gasteiger partial charge in [0.1, 0.15) is 0 Å². The summed E-state index contributed by atoms with van der Waals surface area (Å²) in [4.78, 5) is 10.9. The van der Waals surface area contributed by atoms with Crippen molar-refractivity contribution >= 4 is 6.29 Å². The van der Waals surface area contributed by atoms with E-state index in [0.717, 1.165) is 19.1 Å². The molecule has 3 heteroatoms. The summed E-state index contributed by atoms with van der Waals surface area (Å²) < 4.78 is 10.9. The van der Waals surface area contributed by atoms with Gasteiger partial charge in [-0.3, -0.25) is 4.79 Å². The molecule has 1 aromatic carbocycles. The van der Waals surface area contributed by atoms with Crippen LogP contribution in [0.25, 0.3) is 0 Å². The van der Waals surface area contributed by atoms with E-state index in [1.165, 1.54) is 0 Å². The number of carbonyl (C=O) groups is 1.